The van der Waals surface area contributed by atoms with Crippen LogP contribution in [0.2, 0.25) is 0 Å². The predicted molar refractivity (Wildman–Crippen MR) is 69.7 cm³/mol. The molecule has 1 fully saturated rings. The quantitative estimate of drug-likeness (QED) is 0.472. The Hall–Kier alpha value is -1.82. The molecule has 1 aromatic carbocycles. The van der Waals surface area contributed by atoms with Crippen LogP contribution in [0.15, 0.2) is 24.3 Å². The van der Waals surface area contributed by atoms with E-state index in [2.05, 4.69) is 0 Å². The van der Waals surface area contributed by atoms with Gasteiger partial charge >= 0.3 is 0 Å². The summed E-state index contributed by atoms with van der Waals surface area (Å²) in [7, 11) is 0. The van der Waals surface area contributed by atoms with Crippen molar-refractivity contribution >= 4 is 5.78 Å². The van der Waals surface area contributed by atoms with Crippen molar-refractivity contribution < 1.29 is 18.8 Å². The molecule has 0 spiro atoms. The minimum atomic E-state index is -0.412. The highest BCUT2D eigenvalue weighted by Crippen LogP contribution is 2.22. The minimum absolute atomic E-state index is 0.128. The molecule has 2 atom stereocenters. The molecule has 6 heteroatoms. The molecule has 0 amide bonds. The Balaban J connectivity index is 1.90. The van der Waals surface area contributed by atoms with Gasteiger partial charge in [0.25, 0.3) is 0 Å². The highest BCUT2D eigenvalue weighted by Gasteiger charge is 2.27. The van der Waals surface area contributed by atoms with Gasteiger partial charge in [0, 0.05) is 16.9 Å². The lowest BCUT2D eigenvalue weighted by Gasteiger charge is -2.27. The Labute approximate surface area is 115 Å². The molecule has 20 heavy (non-hydrogen) atoms. The molecule has 0 unspecified atom stereocenters. The van der Waals surface area contributed by atoms with E-state index in [1.165, 1.54) is 24.3 Å². The molecule has 0 N–H and O–H groups in total. The number of carbonyl (C=O) groups excluding carboxylic acids is 1. The van der Waals surface area contributed by atoms with E-state index in [0.717, 1.165) is 12.8 Å². The molecule has 0 bridgehead atoms. The molecule has 108 valence electrons. The van der Waals surface area contributed by atoms with Crippen LogP contribution in [0.4, 0.5) is 4.39 Å². The number of nitrogens with zero attached hydrogens (tertiary/aromatic N) is 1. The lowest BCUT2D eigenvalue weighted by molar-refractivity contribution is -0.493. The summed E-state index contributed by atoms with van der Waals surface area (Å²) in [5.41, 5.74) is 0.436. The highest BCUT2D eigenvalue weighted by molar-refractivity contribution is 5.96. The van der Waals surface area contributed by atoms with Gasteiger partial charge in [-0.15, -0.1) is 0 Å². The topological polar surface area (TPSA) is 69.4 Å². The van der Waals surface area contributed by atoms with Gasteiger partial charge in [0.05, 0.1) is 6.10 Å². The molecule has 1 aliphatic rings. The van der Waals surface area contributed by atoms with E-state index in [0.29, 0.717) is 12.0 Å². The van der Waals surface area contributed by atoms with E-state index < -0.39 is 11.0 Å². The van der Waals surface area contributed by atoms with Gasteiger partial charge in [-0.05, 0) is 43.5 Å². The van der Waals surface area contributed by atoms with Crippen LogP contribution >= 0.6 is 0 Å². The largest absolute Gasteiger partial charge is 0.368 e. The highest BCUT2D eigenvalue weighted by atomic mass is 19.1. The first kappa shape index (κ1) is 14.6. The number of Topliss-reactive ketones (excluding diaryl/α,β-unsaturated/α-hetero) is 1. The third kappa shape index (κ3) is 4.09. The average Bonchev–Trinajstić information content (AvgIpc) is 2.39. The van der Waals surface area contributed by atoms with Crippen LogP contribution in [-0.4, -0.2) is 29.5 Å². The fourth-order valence-corrected chi connectivity index (χ4v) is 2.39. The second-order valence-electron chi connectivity index (χ2n) is 4.96. The molecule has 0 saturated carbocycles. The Morgan fingerprint density at radius 2 is 1.95 bits per heavy atom. The van der Waals surface area contributed by atoms with E-state index in [1.807, 2.05) is 0 Å². The lowest BCUT2D eigenvalue weighted by atomic mass is 9.98. The molecule has 1 saturated heterocycles. The normalized spacial score (nSPS) is 22.4. The molecule has 1 aliphatic heterocycles. The van der Waals surface area contributed by atoms with E-state index in [-0.39, 0.29) is 30.7 Å². The number of halogens is 1. The summed E-state index contributed by atoms with van der Waals surface area (Å²) in [6.45, 7) is -0.221. The van der Waals surface area contributed by atoms with Crippen molar-refractivity contribution in [2.45, 2.75) is 37.9 Å². The Morgan fingerprint density at radius 3 is 2.60 bits per heavy atom. The number of rotatable bonds is 5. The van der Waals surface area contributed by atoms with Gasteiger partial charge in [-0.25, -0.2) is 4.39 Å². The zero-order chi connectivity index (χ0) is 14.5. The fraction of sp³-hybridized carbons (Fsp3) is 0.500. The molecule has 1 heterocycles. The Morgan fingerprint density at radius 1 is 1.30 bits per heavy atom. The van der Waals surface area contributed by atoms with Crippen molar-refractivity contribution in [1.82, 2.24) is 0 Å². The van der Waals surface area contributed by atoms with Crippen LogP contribution in [0.5, 0.6) is 0 Å². The van der Waals surface area contributed by atoms with Gasteiger partial charge in [-0.2, -0.15) is 0 Å². The van der Waals surface area contributed by atoms with Crippen LogP contribution in [0.3, 0.4) is 0 Å². The number of ether oxygens (including phenoxy) is 1. The first-order chi connectivity index (χ1) is 9.54. The lowest BCUT2D eigenvalue weighted by Crippen LogP contribution is -2.34. The second-order valence-corrected chi connectivity index (χ2v) is 4.96. The molecule has 2 rings (SSSR count). The van der Waals surface area contributed by atoms with E-state index in [4.69, 9.17) is 4.74 Å². The summed E-state index contributed by atoms with van der Waals surface area (Å²) in [5.74, 6) is -0.515. The number of ketones is 1. The SMILES string of the molecule is O=C(C[C@@H]1CCC[C@H](C[N+](=O)[O-])O1)c1ccc(F)cc1. The summed E-state index contributed by atoms with van der Waals surface area (Å²) in [4.78, 5) is 22.1. The van der Waals surface area contributed by atoms with Crippen LogP contribution in [0, 0.1) is 15.9 Å². The number of carbonyl (C=O) groups is 1. The van der Waals surface area contributed by atoms with Crippen LogP contribution in [0.25, 0.3) is 0 Å². The van der Waals surface area contributed by atoms with Crippen molar-refractivity contribution in [2.24, 2.45) is 0 Å². The van der Waals surface area contributed by atoms with Gasteiger partial charge < -0.3 is 4.74 Å². The van der Waals surface area contributed by atoms with Gasteiger partial charge in [0.1, 0.15) is 11.9 Å². The molecule has 1 aromatic rings. The number of benzene rings is 1. The van der Waals surface area contributed by atoms with Crippen molar-refractivity contribution in [3.05, 3.63) is 45.8 Å². The summed E-state index contributed by atoms with van der Waals surface area (Å²) < 4.78 is 18.4. The van der Waals surface area contributed by atoms with Gasteiger partial charge in [-0.1, -0.05) is 0 Å². The predicted octanol–water partition coefficient (Wildman–Crippen LogP) is 2.61. The third-order valence-electron chi connectivity index (χ3n) is 3.37. The van der Waals surface area contributed by atoms with Crippen LogP contribution in [-0.2, 0) is 4.74 Å². The van der Waals surface area contributed by atoms with Crippen LogP contribution < -0.4 is 0 Å². The molecule has 0 aliphatic carbocycles. The first-order valence-electron chi connectivity index (χ1n) is 6.60. The smallest absolute Gasteiger partial charge is 0.229 e. The maximum atomic E-state index is 12.8. The molecule has 0 aromatic heterocycles. The first-order valence-corrected chi connectivity index (χ1v) is 6.60. The number of hydrogen-bond acceptors (Lipinski definition) is 4. The number of nitro groups is 1. The molecule has 5 nitrogen and oxygen atoms in total. The molecular formula is C14H16FNO4. The van der Waals surface area contributed by atoms with Crippen molar-refractivity contribution in [3.63, 3.8) is 0 Å². The summed E-state index contributed by atoms with van der Waals surface area (Å²) in [5, 5.41) is 10.5. The average molecular weight is 281 g/mol. The van der Waals surface area contributed by atoms with Gasteiger partial charge in [0.15, 0.2) is 5.78 Å². The Bertz CT molecular complexity index is 488. The monoisotopic (exact) mass is 281 g/mol. The zero-order valence-corrected chi connectivity index (χ0v) is 11.0. The van der Waals surface area contributed by atoms with Crippen molar-refractivity contribution in [3.8, 4) is 0 Å². The third-order valence-corrected chi connectivity index (χ3v) is 3.37. The van der Waals surface area contributed by atoms with E-state index >= 15 is 0 Å². The zero-order valence-electron chi connectivity index (χ0n) is 11.0. The molecular weight excluding hydrogens is 265 g/mol. The summed E-state index contributed by atoms with van der Waals surface area (Å²) >= 11 is 0. The molecule has 0 radical (unpaired) electrons. The maximum absolute atomic E-state index is 12.8. The minimum Gasteiger partial charge on any atom is -0.368 e. The summed E-state index contributed by atoms with van der Waals surface area (Å²) in [6, 6.07) is 5.36. The standard InChI is InChI=1S/C14H16FNO4/c15-11-6-4-10(5-7-11)14(17)8-12-2-1-3-13(20-12)9-16(18)19/h4-7,12-13H,1-3,8-9H2/t12-,13+/m0/s1. The maximum Gasteiger partial charge on any atom is 0.229 e. The van der Waals surface area contributed by atoms with Crippen LogP contribution in [0.1, 0.15) is 36.0 Å². The van der Waals surface area contributed by atoms with E-state index in [9.17, 15) is 19.3 Å². The summed E-state index contributed by atoms with van der Waals surface area (Å²) in [6.07, 6.45) is 1.68. The second kappa shape index (κ2) is 6.56. The van der Waals surface area contributed by atoms with Crippen molar-refractivity contribution in [2.75, 3.05) is 6.54 Å². The van der Waals surface area contributed by atoms with E-state index in [1.54, 1.807) is 0 Å². The number of hydrogen-bond donors (Lipinski definition) is 0. The van der Waals surface area contributed by atoms with Crippen molar-refractivity contribution in [1.29, 1.82) is 0 Å². The van der Waals surface area contributed by atoms with Gasteiger partial charge in [-0.3, -0.25) is 14.9 Å². The fourth-order valence-electron chi connectivity index (χ4n) is 2.39. The van der Waals surface area contributed by atoms with Gasteiger partial charge in [0.2, 0.25) is 6.54 Å². The Kier molecular flexibility index (Phi) is 4.79.